The Morgan fingerprint density at radius 3 is 2.75 bits per heavy atom. The fraction of sp³-hybridized carbons (Fsp3) is 0.417. The number of thiazole rings is 1. The Labute approximate surface area is 123 Å². The first-order chi connectivity index (χ1) is 9.27. The summed E-state index contributed by atoms with van der Waals surface area (Å²) in [4.78, 5) is 4.32. The molecule has 8 heteroatoms. The van der Waals surface area contributed by atoms with Crippen molar-refractivity contribution >= 4 is 28.4 Å². The average molecular weight is 314 g/mol. The van der Waals surface area contributed by atoms with Crippen LogP contribution in [0.5, 0.6) is 0 Å². The Kier molecular flexibility index (Phi) is 4.26. The predicted molar refractivity (Wildman–Crippen MR) is 79.3 cm³/mol. The van der Waals surface area contributed by atoms with Gasteiger partial charge in [-0.15, -0.1) is 11.3 Å². The molecule has 0 amide bonds. The predicted octanol–water partition coefficient (Wildman–Crippen LogP) is 2.74. The molecule has 0 radical (unpaired) electrons. The second-order valence-corrected chi connectivity index (χ2v) is 7.90. The van der Waals surface area contributed by atoms with Crippen molar-refractivity contribution in [2.45, 2.75) is 32.4 Å². The Hall–Kier alpha value is -1.25. The van der Waals surface area contributed by atoms with E-state index in [9.17, 15) is 8.94 Å². The van der Waals surface area contributed by atoms with Crippen LogP contribution in [-0.4, -0.2) is 29.8 Å². The number of hydrogen-bond donors (Lipinski definition) is 0. The summed E-state index contributed by atoms with van der Waals surface area (Å²) < 4.78 is 30.0. The summed E-state index contributed by atoms with van der Waals surface area (Å²) in [6.45, 7) is 7.34. The lowest BCUT2D eigenvalue weighted by Crippen LogP contribution is -2.26. The largest absolute Gasteiger partial charge is 0.591 e. The summed E-state index contributed by atoms with van der Waals surface area (Å²) in [5, 5.41) is 6.18. The van der Waals surface area contributed by atoms with E-state index in [4.69, 9.17) is 0 Å². The maximum absolute atomic E-state index is 12.9. The molecule has 0 aliphatic carbocycles. The normalized spacial score (nSPS) is 14.6. The van der Waals surface area contributed by atoms with E-state index in [1.807, 2.05) is 20.8 Å². The maximum atomic E-state index is 12.9. The van der Waals surface area contributed by atoms with Crippen LogP contribution in [0.15, 0.2) is 22.2 Å². The van der Waals surface area contributed by atoms with Gasteiger partial charge in [-0.2, -0.15) is 5.10 Å². The zero-order valence-electron chi connectivity index (χ0n) is 11.6. The Morgan fingerprint density at radius 1 is 1.50 bits per heavy atom. The summed E-state index contributed by atoms with van der Waals surface area (Å²) in [6, 6.07) is 0. The minimum Gasteiger partial charge on any atom is -0.591 e. The zero-order chi connectivity index (χ0) is 14.9. The van der Waals surface area contributed by atoms with Crippen LogP contribution in [0.3, 0.4) is 0 Å². The van der Waals surface area contributed by atoms with Crippen molar-refractivity contribution in [2.75, 3.05) is 0 Å². The lowest BCUT2D eigenvalue weighted by molar-refractivity contribution is 0.561. The standard InChI is InChI=1S/C12H15FN4OS2/c1-8(16-20(18)12(2,3)4)10-7-19-11(15-10)17-6-9(13)5-14-17/h5-7H,1-4H3/b16-8+/t20-/m1/s1. The number of nitrogens with zero attached hydrogens (tertiary/aromatic N) is 4. The van der Waals surface area contributed by atoms with Gasteiger partial charge in [0.2, 0.25) is 5.13 Å². The molecule has 1 atom stereocenters. The van der Waals surface area contributed by atoms with E-state index >= 15 is 0 Å². The topological polar surface area (TPSA) is 66.1 Å². The van der Waals surface area contributed by atoms with Crippen LogP contribution >= 0.6 is 11.3 Å². The van der Waals surface area contributed by atoms with Crippen LogP contribution in [0.2, 0.25) is 0 Å². The second kappa shape index (κ2) is 5.63. The molecule has 0 aliphatic rings. The van der Waals surface area contributed by atoms with Gasteiger partial charge in [0.25, 0.3) is 0 Å². The zero-order valence-corrected chi connectivity index (χ0v) is 13.3. The van der Waals surface area contributed by atoms with Gasteiger partial charge in [-0.25, -0.2) is 14.1 Å². The molecule has 0 fully saturated rings. The maximum Gasteiger partial charge on any atom is 0.210 e. The molecule has 0 unspecified atom stereocenters. The summed E-state index contributed by atoms with van der Waals surface area (Å²) >= 11 is -0.00707. The summed E-state index contributed by atoms with van der Waals surface area (Å²) in [7, 11) is 0. The SMILES string of the molecule is C/C(=N\[S@+]([O-])C(C)(C)C)c1csc(-n2cc(F)cn2)n1. The van der Waals surface area contributed by atoms with Gasteiger partial charge in [-0.05, 0) is 27.7 Å². The molecule has 20 heavy (non-hydrogen) atoms. The van der Waals surface area contributed by atoms with E-state index in [0.717, 1.165) is 6.20 Å². The van der Waals surface area contributed by atoms with Crippen molar-refractivity contribution in [3.8, 4) is 5.13 Å². The van der Waals surface area contributed by atoms with Crippen LogP contribution in [0.4, 0.5) is 4.39 Å². The third-order valence-corrected chi connectivity index (χ3v) is 4.67. The fourth-order valence-corrected chi connectivity index (χ4v) is 2.66. The highest BCUT2D eigenvalue weighted by molar-refractivity contribution is 7.91. The molecule has 0 bridgehead atoms. The van der Waals surface area contributed by atoms with E-state index in [-0.39, 0.29) is 0 Å². The van der Waals surface area contributed by atoms with Gasteiger partial charge in [-0.1, -0.05) is 4.40 Å². The van der Waals surface area contributed by atoms with Crippen LogP contribution in [0, 0.1) is 5.82 Å². The molecule has 0 saturated heterocycles. The average Bonchev–Trinajstić information content (AvgIpc) is 2.95. The molecule has 2 aromatic heterocycles. The van der Waals surface area contributed by atoms with Crippen molar-refractivity contribution in [2.24, 2.45) is 4.40 Å². The van der Waals surface area contributed by atoms with Crippen molar-refractivity contribution in [3.63, 3.8) is 0 Å². The molecular formula is C12H15FN4OS2. The number of rotatable bonds is 3. The van der Waals surface area contributed by atoms with Gasteiger partial charge < -0.3 is 4.55 Å². The molecule has 0 aliphatic heterocycles. The lowest BCUT2D eigenvalue weighted by Gasteiger charge is -2.18. The molecule has 0 spiro atoms. The minimum atomic E-state index is -1.33. The van der Waals surface area contributed by atoms with Gasteiger partial charge in [0.15, 0.2) is 5.82 Å². The molecule has 0 saturated carbocycles. The monoisotopic (exact) mass is 314 g/mol. The van der Waals surface area contributed by atoms with E-state index in [1.165, 1.54) is 22.2 Å². The molecule has 2 heterocycles. The van der Waals surface area contributed by atoms with Crippen molar-refractivity contribution in [3.05, 3.63) is 29.3 Å². The van der Waals surface area contributed by atoms with E-state index in [0.29, 0.717) is 16.5 Å². The highest BCUT2D eigenvalue weighted by atomic mass is 32.2. The van der Waals surface area contributed by atoms with E-state index in [1.54, 1.807) is 12.3 Å². The van der Waals surface area contributed by atoms with Gasteiger partial charge >= 0.3 is 0 Å². The highest BCUT2D eigenvalue weighted by Crippen LogP contribution is 2.20. The molecule has 2 aromatic rings. The van der Waals surface area contributed by atoms with Crippen molar-refractivity contribution in [1.29, 1.82) is 0 Å². The second-order valence-electron chi connectivity index (χ2n) is 5.16. The Balaban J connectivity index is 2.22. The Bertz CT molecular complexity index is 629. The summed E-state index contributed by atoms with van der Waals surface area (Å²) in [5.41, 5.74) is 1.21. The molecule has 0 aromatic carbocycles. The molecular weight excluding hydrogens is 299 g/mol. The lowest BCUT2D eigenvalue weighted by atomic mass is 10.3. The third-order valence-electron chi connectivity index (χ3n) is 2.35. The van der Waals surface area contributed by atoms with E-state index in [2.05, 4.69) is 14.5 Å². The van der Waals surface area contributed by atoms with Crippen molar-refractivity contribution < 1.29 is 8.94 Å². The first kappa shape index (κ1) is 15.1. The van der Waals surface area contributed by atoms with E-state index < -0.39 is 21.9 Å². The smallest absolute Gasteiger partial charge is 0.210 e. The number of hydrogen-bond acceptors (Lipinski definition) is 5. The van der Waals surface area contributed by atoms with Crippen molar-refractivity contribution in [1.82, 2.24) is 14.8 Å². The molecule has 0 N–H and O–H groups in total. The van der Waals surface area contributed by atoms with Gasteiger partial charge in [0.05, 0.1) is 12.4 Å². The molecule has 108 valence electrons. The van der Waals surface area contributed by atoms with Crippen LogP contribution < -0.4 is 0 Å². The van der Waals surface area contributed by atoms with Crippen LogP contribution in [0.25, 0.3) is 5.13 Å². The van der Waals surface area contributed by atoms with Crippen LogP contribution in [0.1, 0.15) is 33.4 Å². The molecule has 5 nitrogen and oxygen atoms in total. The van der Waals surface area contributed by atoms with Gasteiger partial charge in [-0.3, -0.25) is 0 Å². The van der Waals surface area contributed by atoms with Gasteiger partial charge in [0, 0.05) is 5.38 Å². The van der Waals surface area contributed by atoms with Crippen LogP contribution in [-0.2, 0) is 11.4 Å². The summed E-state index contributed by atoms with van der Waals surface area (Å²) in [6.07, 6.45) is 2.37. The molecule has 2 rings (SSSR count). The highest BCUT2D eigenvalue weighted by Gasteiger charge is 2.27. The summed E-state index contributed by atoms with van der Waals surface area (Å²) in [5.74, 6) is -0.416. The third kappa shape index (κ3) is 3.44. The number of aromatic nitrogens is 3. The number of halogens is 1. The first-order valence-electron chi connectivity index (χ1n) is 5.91. The first-order valence-corrected chi connectivity index (χ1v) is 7.90. The minimum absolute atomic E-state index is 0.411. The quantitative estimate of drug-likeness (QED) is 0.646. The Morgan fingerprint density at radius 2 is 2.20 bits per heavy atom. The van der Waals surface area contributed by atoms with Gasteiger partial charge in [0.1, 0.15) is 27.5 Å². The fourth-order valence-electron chi connectivity index (χ4n) is 1.25.